The summed E-state index contributed by atoms with van der Waals surface area (Å²) in [7, 11) is 0. The molecule has 1 aliphatic carbocycles. The van der Waals surface area contributed by atoms with Crippen LogP contribution in [0.1, 0.15) is 39.0 Å². The van der Waals surface area contributed by atoms with Gasteiger partial charge in [0.25, 0.3) is 0 Å². The summed E-state index contributed by atoms with van der Waals surface area (Å²) >= 11 is 0. The largest absolute Gasteiger partial charge is 0.382 e. The van der Waals surface area contributed by atoms with Gasteiger partial charge in [-0.15, -0.1) is 0 Å². The van der Waals surface area contributed by atoms with E-state index in [-0.39, 0.29) is 17.9 Å². The quantitative estimate of drug-likeness (QED) is 0.692. The molecule has 1 heterocycles. The van der Waals surface area contributed by atoms with Gasteiger partial charge in [-0.05, 0) is 39.0 Å². The zero-order valence-electron chi connectivity index (χ0n) is 12.9. The Morgan fingerprint density at radius 3 is 2.52 bits per heavy atom. The number of piperidine rings is 1. The zero-order chi connectivity index (χ0) is 15.1. The van der Waals surface area contributed by atoms with Crippen molar-refractivity contribution in [2.24, 2.45) is 5.92 Å². The topological polar surface area (TPSA) is 70.7 Å². The summed E-state index contributed by atoms with van der Waals surface area (Å²) in [5.41, 5.74) is 0. The first-order valence-electron chi connectivity index (χ1n) is 8.11. The molecule has 1 saturated heterocycles. The van der Waals surface area contributed by atoms with Gasteiger partial charge in [0.1, 0.15) is 0 Å². The molecule has 0 aromatic carbocycles. The lowest BCUT2D eigenvalue weighted by Gasteiger charge is -2.31. The number of hydrogen-bond acceptors (Lipinski definition) is 3. The summed E-state index contributed by atoms with van der Waals surface area (Å²) in [6.45, 7) is 5.39. The number of rotatable bonds is 7. The van der Waals surface area contributed by atoms with Crippen LogP contribution in [-0.2, 0) is 9.53 Å². The highest BCUT2D eigenvalue weighted by atomic mass is 16.5. The van der Waals surface area contributed by atoms with Gasteiger partial charge in [0, 0.05) is 44.8 Å². The van der Waals surface area contributed by atoms with Crippen LogP contribution in [0.4, 0.5) is 4.79 Å². The fourth-order valence-electron chi connectivity index (χ4n) is 2.51. The van der Waals surface area contributed by atoms with E-state index < -0.39 is 0 Å². The normalized spacial score (nSPS) is 19.4. The van der Waals surface area contributed by atoms with Crippen LogP contribution < -0.4 is 10.6 Å². The van der Waals surface area contributed by atoms with Crippen molar-refractivity contribution in [2.45, 2.75) is 45.1 Å². The molecule has 1 aliphatic heterocycles. The maximum atomic E-state index is 12.0. The van der Waals surface area contributed by atoms with Gasteiger partial charge in [-0.25, -0.2) is 4.79 Å². The smallest absolute Gasteiger partial charge is 0.317 e. The molecule has 2 N–H and O–H groups in total. The number of nitrogens with zero attached hydrogens (tertiary/aromatic N) is 1. The van der Waals surface area contributed by atoms with Crippen LogP contribution in [0.2, 0.25) is 0 Å². The van der Waals surface area contributed by atoms with Crippen LogP contribution in [0, 0.1) is 5.92 Å². The number of amides is 3. The Bertz CT molecular complexity index is 350. The Morgan fingerprint density at radius 1 is 1.19 bits per heavy atom. The fraction of sp³-hybridized carbons (Fsp3) is 0.867. The minimum Gasteiger partial charge on any atom is -0.382 e. The van der Waals surface area contributed by atoms with E-state index in [1.807, 2.05) is 11.8 Å². The van der Waals surface area contributed by atoms with Gasteiger partial charge < -0.3 is 20.3 Å². The third-order valence-corrected chi connectivity index (χ3v) is 4.03. The van der Waals surface area contributed by atoms with E-state index in [2.05, 4.69) is 10.6 Å². The van der Waals surface area contributed by atoms with Crippen molar-refractivity contribution < 1.29 is 14.3 Å². The standard InChI is InChI=1S/C15H27N3O3/c1-2-21-11-3-8-16-14(19)12-6-9-18(10-7-12)15(20)17-13-4-5-13/h12-13H,2-11H2,1H3,(H,16,19)(H,17,20). The summed E-state index contributed by atoms with van der Waals surface area (Å²) in [5.74, 6) is 0.163. The minimum atomic E-state index is 0.0353. The molecule has 120 valence electrons. The summed E-state index contributed by atoms with van der Waals surface area (Å²) in [5, 5.41) is 5.95. The number of hydrogen-bond donors (Lipinski definition) is 2. The Hall–Kier alpha value is -1.30. The molecule has 0 atom stereocenters. The summed E-state index contributed by atoms with van der Waals surface area (Å²) in [6.07, 6.45) is 4.58. The second-order valence-corrected chi connectivity index (χ2v) is 5.83. The second-order valence-electron chi connectivity index (χ2n) is 5.83. The average molecular weight is 297 g/mol. The van der Waals surface area contributed by atoms with Crippen LogP contribution in [-0.4, -0.2) is 55.7 Å². The molecular weight excluding hydrogens is 270 g/mol. The van der Waals surface area contributed by atoms with Gasteiger partial charge in [-0.2, -0.15) is 0 Å². The first-order valence-corrected chi connectivity index (χ1v) is 8.11. The molecule has 0 spiro atoms. The third-order valence-electron chi connectivity index (χ3n) is 4.03. The number of nitrogens with one attached hydrogen (secondary N) is 2. The lowest BCUT2D eigenvalue weighted by Crippen LogP contribution is -2.47. The highest BCUT2D eigenvalue weighted by Gasteiger charge is 2.30. The molecule has 0 aromatic heterocycles. The van der Waals surface area contributed by atoms with Crippen molar-refractivity contribution in [3.63, 3.8) is 0 Å². The summed E-state index contributed by atoms with van der Waals surface area (Å²) in [4.78, 5) is 25.8. The molecule has 1 saturated carbocycles. The predicted octanol–water partition coefficient (Wildman–Crippen LogP) is 1.11. The average Bonchev–Trinajstić information content (AvgIpc) is 3.31. The lowest BCUT2D eigenvalue weighted by atomic mass is 9.96. The molecule has 0 unspecified atom stereocenters. The highest BCUT2D eigenvalue weighted by Crippen LogP contribution is 2.21. The molecule has 2 fully saturated rings. The van der Waals surface area contributed by atoms with Gasteiger partial charge >= 0.3 is 6.03 Å². The highest BCUT2D eigenvalue weighted by molar-refractivity contribution is 5.79. The maximum absolute atomic E-state index is 12.0. The van der Waals surface area contributed by atoms with E-state index in [4.69, 9.17) is 4.74 Å². The molecule has 0 bridgehead atoms. The number of urea groups is 1. The van der Waals surface area contributed by atoms with Gasteiger partial charge in [0.05, 0.1) is 0 Å². The third kappa shape index (κ3) is 5.53. The molecule has 6 heteroatoms. The Morgan fingerprint density at radius 2 is 1.90 bits per heavy atom. The molecule has 6 nitrogen and oxygen atoms in total. The zero-order valence-corrected chi connectivity index (χ0v) is 12.9. The van der Waals surface area contributed by atoms with Crippen LogP contribution in [0.3, 0.4) is 0 Å². The molecule has 2 aliphatic rings. The minimum absolute atomic E-state index is 0.0353. The molecule has 0 aromatic rings. The SMILES string of the molecule is CCOCCCNC(=O)C1CCN(C(=O)NC2CC2)CC1. The fourth-order valence-corrected chi connectivity index (χ4v) is 2.51. The van der Waals surface area contributed by atoms with Gasteiger partial charge in [0.2, 0.25) is 5.91 Å². The first-order chi connectivity index (χ1) is 10.2. The number of carbonyl (C=O) groups excluding carboxylic acids is 2. The number of ether oxygens (including phenoxy) is 1. The molecule has 0 radical (unpaired) electrons. The van der Waals surface area contributed by atoms with Crippen molar-refractivity contribution in [2.75, 3.05) is 32.8 Å². The second kappa shape index (κ2) is 8.22. The summed E-state index contributed by atoms with van der Waals surface area (Å²) in [6, 6.07) is 0.428. The van der Waals surface area contributed by atoms with Crippen molar-refractivity contribution in [1.29, 1.82) is 0 Å². The van der Waals surface area contributed by atoms with E-state index in [0.29, 0.717) is 32.3 Å². The lowest BCUT2D eigenvalue weighted by molar-refractivity contribution is -0.126. The van der Waals surface area contributed by atoms with Crippen LogP contribution in [0.15, 0.2) is 0 Å². The van der Waals surface area contributed by atoms with Crippen molar-refractivity contribution in [1.82, 2.24) is 15.5 Å². The van der Waals surface area contributed by atoms with Crippen molar-refractivity contribution >= 4 is 11.9 Å². The number of carbonyl (C=O) groups is 2. The van der Waals surface area contributed by atoms with Gasteiger partial charge in [0.15, 0.2) is 0 Å². The molecular formula is C15H27N3O3. The van der Waals surface area contributed by atoms with Crippen LogP contribution in [0.5, 0.6) is 0 Å². The van der Waals surface area contributed by atoms with Crippen LogP contribution >= 0.6 is 0 Å². The maximum Gasteiger partial charge on any atom is 0.317 e. The summed E-state index contributed by atoms with van der Waals surface area (Å²) < 4.78 is 5.24. The van der Waals surface area contributed by atoms with Crippen molar-refractivity contribution in [3.8, 4) is 0 Å². The van der Waals surface area contributed by atoms with E-state index in [0.717, 1.165) is 38.7 Å². The molecule has 2 rings (SSSR count). The van der Waals surface area contributed by atoms with Gasteiger partial charge in [-0.1, -0.05) is 0 Å². The van der Waals surface area contributed by atoms with E-state index in [1.54, 1.807) is 0 Å². The molecule has 21 heavy (non-hydrogen) atoms. The molecule has 3 amide bonds. The Balaban J connectivity index is 1.58. The first kappa shape index (κ1) is 16.1. The van der Waals surface area contributed by atoms with E-state index >= 15 is 0 Å². The number of likely N-dealkylation sites (tertiary alicyclic amines) is 1. The predicted molar refractivity (Wildman–Crippen MR) is 80.0 cm³/mol. The van der Waals surface area contributed by atoms with E-state index in [1.165, 1.54) is 0 Å². The van der Waals surface area contributed by atoms with Gasteiger partial charge in [-0.3, -0.25) is 4.79 Å². The van der Waals surface area contributed by atoms with E-state index in [9.17, 15) is 9.59 Å². The monoisotopic (exact) mass is 297 g/mol. The Labute approximate surface area is 126 Å². The van der Waals surface area contributed by atoms with Crippen molar-refractivity contribution in [3.05, 3.63) is 0 Å². The Kier molecular flexibility index (Phi) is 6.29. The van der Waals surface area contributed by atoms with Crippen LogP contribution in [0.25, 0.3) is 0 Å².